The average molecular weight is 509 g/mol. The summed E-state index contributed by atoms with van der Waals surface area (Å²) in [7, 11) is 3.54. The number of anilines is 3. The maximum atomic E-state index is 12.9. The van der Waals surface area contributed by atoms with E-state index in [9.17, 15) is 9.90 Å². The van der Waals surface area contributed by atoms with Gasteiger partial charge in [0.2, 0.25) is 5.95 Å². The summed E-state index contributed by atoms with van der Waals surface area (Å²) in [6.45, 7) is 3.59. The quantitative estimate of drug-likeness (QED) is 0.418. The molecule has 1 amide bonds. The predicted molar refractivity (Wildman–Crippen MR) is 142 cm³/mol. The SMILES string of the molecule is CN(C)C(=O)c1cc2cnc(Nc3ccc(N4CCN(C[C@H](O)CO)CC4)cn3)nc2n1C1CCCC1. The molecule has 1 aliphatic heterocycles. The Hall–Kier alpha value is -3.28. The molecule has 0 bridgehead atoms. The van der Waals surface area contributed by atoms with Crippen molar-refractivity contribution in [2.45, 2.75) is 37.8 Å². The van der Waals surface area contributed by atoms with Gasteiger partial charge in [-0.25, -0.2) is 9.97 Å². The van der Waals surface area contributed by atoms with Crippen LogP contribution in [0.3, 0.4) is 0 Å². The summed E-state index contributed by atoms with van der Waals surface area (Å²) in [5.41, 5.74) is 2.47. The molecule has 1 aliphatic carbocycles. The van der Waals surface area contributed by atoms with Crippen molar-refractivity contribution in [3.8, 4) is 0 Å². The van der Waals surface area contributed by atoms with E-state index < -0.39 is 6.10 Å². The lowest BCUT2D eigenvalue weighted by Gasteiger charge is -2.36. The molecular weight excluding hydrogens is 472 g/mol. The fourth-order valence-corrected chi connectivity index (χ4v) is 5.30. The Bertz CT molecular complexity index is 1210. The van der Waals surface area contributed by atoms with Gasteiger partial charge in [0.05, 0.1) is 24.6 Å². The van der Waals surface area contributed by atoms with Crippen molar-refractivity contribution in [1.82, 2.24) is 29.3 Å². The van der Waals surface area contributed by atoms with E-state index in [-0.39, 0.29) is 18.6 Å². The molecule has 37 heavy (non-hydrogen) atoms. The number of rotatable bonds is 8. The Kier molecular flexibility index (Phi) is 7.54. The number of hydrogen-bond acceptors (Lipinski definition) is 9. The highest BCUT2D eigenvalue weighted by atomic mass is 16.3. The second-order valence-electron chi connectivity index (χ2n) is 10.2. The Balaban J connectivity index is 1.30. The molecular formula is C26H36N8O3. The number of hydrogen-bond donors (Lipinski definition) is 3. The van der Waals surface area contributed by atoms with Crippen LogP contribution in [-0.2, 0) is 0 Å². The molecule has 4 heterocycles. The number of aliphatic hydroxyl groups excluding tert-OH is 2. The second kappa shape index (κ2) is 11.0. The fourth-order valence-electron chi connectivity index (χ4n) is 5.30. The third-order valence-corrected chi connectivity index (χ3v) is 7.30. The number of carbonyl (C=O) groups is 1. The molecule has 2 aliphatic rings. The fraction of sp³-hybridized carbons (Fsp3) is 0.538. The van der Waals surface area contributed by atoms with E-state index in [0.29, 0.717) is 24.0 Å². The normalized spacial score (nSPS) is 17.9. The highest BCUT2D eigenvalue weighted by molar-refractivity contribution is 5.97. The van der Waals surface area contributed by atoms with Crippen molar-refractivity contribution in [2.24, 2.45) is 0 Å². The average Bonchev–Trinajstić information content (AvgIpc) is 3.56. The highest BCUT2D eigenvalue weighted by Gasteiger charge is 2.26. The highest BCUT2D eigenvalue weighted by Crippen LogP contribution is 2.35. The lowest BCUT2D eigenvalue weighted by atomic mass is 10.2. The molecule has 1 saturated carbocycles. The standard InChI is InChI=1S/C26H36N8O3/c1-31(2)25(37)22-13-18-14-28-26(30-24(18)34(22)19-5-3-4-6-19)29-23-8-7-20(15-27-23)33-11-9-32(10-12-33)16-21(36)17-35/h7-8,13-15,19,21,35-36H,3-6,9-12,16-17H2,1-2H3,(H,27,28,29,30)/t21-/m0/s1. The molecule has 2 fully saturated rings. The van der Waals surface area contributed by atoms with Crippen LogP contribution in [0.2, 0.25) is 0 Å². The van der Waals surface area contributed by atoms with Crippen molar-refractivity contribution >= 4 is 34.4 Å². The van der Waals surface area contributed by atoms with Crippen LogP contribution in [0.15, 0.2) is 30.6 Å². The number of pyridine rings is 1. The minimum absolute atomic E-state index is 0.0259. The minimum atomic E-state index is -0.693. The number of nitrogens with one attached hydrogen (secondary N) is 1. The molecule has 3 aromatic heterocycles. The van der Waals surface area contributed by atoms with Crippen molar-refractivity contribution in [2.75, 3.05) is 63.6 Å². The maximum Gasteiger partial charge on any atom is 0.270 e. The number of aliphatic hydroxyl groups is 2. The van der Waals surface area contributed by atoms with E-state index in [1.54, 1.807) is 25.2 Å². The van der Waals surface area contributed by atoms with Gasteiger partial charge in [-0.3, -0.25) is 9.69 Å². The molecule has 0 unspecified atom stereocenters. The zero-order valence-corrected chi connectivity index (χ0v) is 21.5. The molecule has 1 saturated heterocycles. The summed E-state index contributed by atoms with van der Waals surface area (Å²) in [6, 6.07) is 6.11. The molecule has 11 nitrogen and oxygen atoms in total. The molecule has 0 spiro atoms. The number of aromatic nitrogens is 4. The zero-order valence-electron chi connectivity index (χ0n) is 21.5. The van der Waals surface area contributed by atoms with Gasteiger partial charge >= 0.3 is 0 Å². The van der Waals surface area contributed by atoms with Gasteiger partial charge in [0, 0.05) is 64.4 Å². The monoisotopic (exact) mass is 508 g/mol. The molecule has 0 aromatic carbocycles. The number of nitrogens with zero attached hydrogens (tertiary/aromatic N) is 7. The Morgan fingerprint density at radius 1 is 1.14 bits per heavy atom. The lowest BCUT2D eigenvalue weighted by Crippen LogP contribution is -2.49. The van der Waals surface area contributed by atoms with E-state index >= 15 is 0 Å². The minimum Gasteiger partial charge on any atom is -0.394 e. The van der Waals surface area contributed by atoms with Gasteiger partial charge in [0.25, 0.3) is 5.91 Å². The first-order valence-electron chi connectivity index (χ1n) is 13.0. The summed E-state index contributed by atoms with van der Waals surface area (Å²) < 4.78 is 2.10. The van der Waals surface area contributed by atoms with Crippen LogP contribution >= 0.6 is 0 Å². The van der Waals surface area contributed by atoms with Gasteiger partial charge in [-0.2, -0.15) is 4.98 Å². The summed E-state index contributed by atoms with van der Waals surface area (Å²) in [4.78, 5) is 32.8. The van der Waals surface area contributed by atoms with Crippen molar-refractivity contribution in [3.05, 3.63) is 36.3 Å². The zero-order chi connectivity index (χ0) is 25.9. The molecule has 3 aromatic rings. The van der Waals surface area contributed by atoms with Crippen LogP contribution in [0.4, 0.5) is 17.5 Å². The third-order valence-electron chi connectivity index (χ3n) is 7.30. The Labute approximate surface area is 216 Å². The number of carbonyl (C=O) groups excluding carboxylic acids is 1. The summed E-state index contributed by atoms with van der Waals surface area (Å²) in [5.74, 6) is 1.07. The summed E-state index contributed by atoms with van der Waals surface area (Å²) in [6.07, 6.45) is 7.32. The summed E-state index contributed by atoms with van der Waals surface area (Å²) in [5, 5.41) is 22.8. The lowest BCUT2D eigenvalue weighted by molar-refractivity contribution is 0.0575. The Morgan fingerprint density at radius 2 is 1.89 bits per heavy atom. The maximum absolute atomic E-state index is 12.9. The van der Waals surface area contributed by atoms with Crippen molar-refractivity contribution in [3.63, 3.8) is 0 Å². The van der Waals surface area contributed by atoms with Gasteiger partial charge in [-0.15, -0.1) is 0 Å². The first-order valence-corrected chi connectivity index (χ1v) is 13.0. The van der Waals surface area contributed by atoms with Crippen LogP contribution in [-0.4, -0.2) is 105 Å². The van der Waals surface area contributed by atoms with Crippen LogP contribution in [0.25, 0.3) is 11.0 Å². The number of β-amino-alcohol motifs (C(OH)–C–C–N with tert-alkyl or cyclic N) is 1. The molecule has 11 heteroatoms. The predicted octanol–water partition coefficient (Wildman–Crippen LogP) is 1.86. The van der Waals surface area contributed by atoms with Crippen LogP contribution in [0, 0.1) is 0 Å². The van der Waals surface area contributed by atoms with Gasteiger partial charge in [0.15, 0.2) is 0 Å². The van der Waals surface area contributed by atoms with Gasteiger partial charge in [-0.1, -0.05) is 12.8 Å². The summed E-state index contributed by atoms with van der Waals surface area (Å²) >= 11 is 0. The van der Waals surface area contributed by atoms with Crippen molar-refractivity contribution in [1.29, 1.82) is 0 Å². The molecule has 1 atom stereocenters. The number of piperazine rings is 1. The van der Waals surface area contributed by atoms with Crippen LogP contribution in [0.5, 0.6) is 0 Å². The van der Waals surface area contributed by atoms with Crippen molar-refractivity contribution < 1.29 is 15.0 Å². The van der Waals surface area contributed by atoms with E-state index in [1.165, 1.54) is 0 Å². The molecule has 198 valence electrons. The van der Waals surface area contributed by atoms with Gasteiger partial charge in [0.1, 0.15) is 17.2 Å². The molecule has 5 rings (SSSR count). The Morgan fingerprint density at radius 3 is 2.54 bits per heavy atom. The molecule has 0 radical (unpaired) electrons. The van der Waals surface area contributed by atoms with E-state index in [1.807, 2.05) is 24.4 Å². The van der Waals surface area contributed by atoms with Gasteiger partial charge in [-0.05, 0) is 31.0 Å². The van der Waals surface area contributed by atoms with Crippen LogP contribution in [0.1, 0.15) is 42.2 Å². The van der Waals surface area contributed by atoms with E-state index in [4.69, 9.17) is 10.1 Å². The number of fused-ring (bicyclic) bond motifs is 1. The van der Waals surface area contributed by atoms with E-state index in [0.717, 1.165) is 68.6 Å². The second-order valence-corrected chi connectivity index (χ2v) is 10.2. The van der Waals surface area contributed by atoms with E-state index in [2.05, 4.69) is 29.7 Å². The third kappa shape index (κ3) is 5.53. The van der Waals surface area contributed by atoms with Crippen LogP contribution < -0.4 is 10.2 Å². The first-order chi connectivity index (χ1) is 17.9. The topological polar surface area (TPSA) is 123 Å². The molecule has 3 N–H and O–H groups in total. The number of amides is 1. The first kappa shape index (κ1) is 25.4. The van der Waals surface area contributed by atoms with Gasteiger partial charge < -0.3 is 29.9 Å². The largest absolute Gasteiger partial charge is 0.394 e. The smallest absolute Gasteiger partial charge is 0.270 e.